The Labute approximate surface area is 123 Å². The molecule has 0 amide bonds. The van der Waals surface area contributed by atoms with Crippen LogP contribution in [-0.2, 0) is 22.9 Å². The van der Waals surface area contributed by atoms with E-state index in [1.54, 1.807) is 0 Å². The second kappa shape index (κ2) is 8.68. The Hall–Kier alpha value is -0.367. The van der Waals surface area contributed by atoms with E-state index in [-0.39, 0.29) is 0 Å². The number of ether oxygens (including phenoxy) is 1. The minimum absolute atomic E-state index is 0.526. The minimum atomic E-state index is 0.526. The Morgan fingerprint density at radius 1 is 1.12 bits per heavy atom. The van der Waals surface area contributed by atoms with E-state index in [1.807, 2.05) is 48.5 Å². The van der Waals surface area contributed by atoms with Gasteiger partial charge in [-0.25, -0.2) is 0 Å². The van der Waals surface area contributed by atoms with E-state index < -0.39 is 0 Å². The molecule has 1 nitrogen and oxygen atoms in total. The fourth-order valence-corrected chi connectivity index (χ4v) is 1.43. The summed E-state index contributed by atoms with van der Waals surface area (Å²) in [6.45, 7) is 0.526. The third-order valence-electron chi connectivity index (χ3n) is 2.02. The van der Waals surface area contributed by atoms with Crippen molar-refractivity contribution >= 4 is 25.2 Å². The second-order valence-corrected chi connectivity index (χ2v) is 3.53. The second-order valence-electron chi connectivity index (χ2n) is 3.13. The van der Waals surface area contributed by atoms with Gasteiger partial charge in [0.2, 0.25) is 0 Å². The van der Waals surface area contributed by atoms with Gasteiger partial charge in [-0.3, -0.25) is 0 Å². The number of rotatable bonds is 3. The van der Waals surface area contributed by atoms with Gasteiger partial charge in [-0.2, -0.15) is 30.3 Å². The molecule has 84 valence electrons. The molecule has 2 rings (SSSR count). The van der Waals surface area contributed by atoms with E-state index in [4.69, 9.17) is 16.3 Å². The van der Waals surface area contributed by atoms with Crippen molar-refractivity contribution in [2.75, 3.05) is 0 Å². The molecule has 0 saturated carbocycles. The van der Waals surface area contributed by atoms with Crippen LogP contribution in [0.4, 0.5) is 0 Å². The fourth-order valence-electron chi connectivity index (χ4n) is 1.24. The zero-order valence-electron chi connectivity index (χ0n) is 9.20. The van der Waals surface area contributed by atoms with Gasteiger partial charge in [0.15, 0.2) is 0 Å². The predicted octanol–water partition coefficient (Wildman–Crippen LogP) is 4.56. The van der Waals surface area contributed by atoms with Crippen molar-refractivity contribution in [1.29, 1.82) is 0 Å². The summed E-state index contributed by atoms with van der Waals surface area (Å²) >= 11 is 10.2. The Bertz CT molecular complexity index is 436. The van der Waals surface area contributed by atoms with Crippen LogP contribution in [0, 0.1) is 6.07 Å². The number of benzene rings is 2. The van der Waals surface area contributed by atoms with E-state index in [0.29, 0.717) is 17.4 Å². The van der Waals surface area contributed by atoms with Gasteiger partial charge in [-0.1, -0.05) is 23.7 Å². The maximum absolute atomic E-state index is 5.96. The normalized spacial score (nSPS) is 9.18. The van der Waals surface area contributed by atoms with Crippen molar-refractivity contribution in [2.24, 2.45) is 0 Å². The standard InChI is InChI=1S/C13H10ClO.BrH.Zn/c14-12-8-4-5-9-13(12)15-10-11-6-2-1-3-7-11;;/h2-9H,10H2;1H;/q-1;;+2/p-1. The van der Waals surface area contributed by atoms with Crippen molar-refractivity contribution in [2.45, 2.75) is 6.61 Å². The van der Waals surface area contributed by atoms with Crippen molar-refractivity contribution in [3.63, 3.8) is 0 Å². The predicted molar refractivity (Wildman–Crippen MR) is 70.0 cm³/mol. The number of hydrogen-bond donors (Lipinski definition) is 0. The van der Waals surface area contributed by atoms with Gasteiger partial charge in [0.1, 0.15) is 5.75 Å². The zero-order valence-corrected chi connectivity index (χ0v) is 14.5. The first-order chi connectivity index (χ1) is 8.36. The van der Waals surface area contributed by atoms with Crippen molar-refractivity contribution in [3.8, 4) is 5.75 Å². The molecule has 0 heterocycles. The maximum atomic E-state index is 5.96. The summed E-state index contributed by atoms with van der Waals surface area (Å²) in [7, 11) is 0. The molecule has 0 unspecified atom stereocenters. The van der Waals surface area contributed by atoms with Gasteiger partial charge in [-0.15, -0.1) is 5.56 Å². The average Bonchev–Trinajstić information content (AvgIpc) is 2.41. The molecule has 0 aliphatic heterocycles. The third kappa shape index (κ3) is 5.20. The quantitative estimate of drug-likeness (QED) is 0.574. The summed E-state index contributed by atoms with van der Waals surface area (Å²) < 4.78 is 5.58. The first-order valence-electron chi connectivity index (χ1n) is 4.95. The van der Waals surface area contributed by atoms with Crippen molar-refractivity contribution < 1.29 is 21.1 Å². The topological polar surface area (TPSA) is 9.23 Å². The molecule has 17 heavy (non-hydrogen) atoms. The van der Waals surface area contributed by atoms with Crippen LogP contribution in [0.2, 0.25) is 5.02 Å². The van der Waals surface area contributed by atoms with E-state index in [2.05, 4.69) is 19.7 Å². The molecule has 0 fully saturated rings. The molecule has 0 bridgehead atoms. The van der Waals surface area contributed by atoms with Crippen LogP contribution in [0.25, 0.3) is 0 Å². The van der Waals surface area contributed by atoms with Crippen LogP contribution in [0.5, 0.6) is 5.75 Å². The van der Waals surface area contributed by atoms with Gasteiger partial charge in [-0.05, 0) is 12.1 Å². The Balaban J connectivity index is 0.000000686. The summed E-state index contributed by atoms with van der Waals surface area (Å²) in [5.74, 6) is 0.715. The summed E-state index contributed by atoms with van der Waals surface area (Å²) in [4.78, 5) is 0. The van der Waals surface area contributed by atoms with E-state index in [9.17, 15) is 0 Å². The molecule has 0 spiro atoms. The van der Waals surface area contributed by atoms with Crippen molar-refractivity contribution in [3.05, 3.63) is 65.2 Å². The molecule has 0 aromatic heterocycles. The van der Waals surface area contributed by atoms with Gasteiger partial charge < -0.3 is 4.74 Å². The monoisotopic (exact) mass is 360 g/mol. The average molecular weight is 363 g/mol. The molecular formula is C13H10BrClOZn. The van der Waals surface area contributed by atoms with Gasteiger partial charge in [0.25, 0.3) is 0 Å². The molecule has 0 N–H and O–H groups in total. The first kappa shape index (κ1) is 14.7. The molecule has 2 aromatic carbocycles. The molecule has 4 heteroatoms. The summed E-state index contributed by atoms with van der Waals surface area (Å²) in [6.07, 6.45) is 0. The van der Waals surface area contributed by atoms with Crippen LogP contribution >= 0.6 is 25.2 Å². The summed E-state index contributed by atoms with van der Waals surface area (Å²) in [5, 5.41) is 0.639. The van der Waals surface area contributed by atoms with E-state index in [1.165, 1.54) is 16.3 Å². The Morgan fingerprint density at radius 3 is 2.41 bits per heavy atom. The van der Waals surface area contributed by atoms with Gasteiger partial charge in [0, 0.05) is 0 Å². The molecule has 0 radical (unpaired) electrons. The van der Waals surface area contributed by atoms with Crippen LogP contribution in [0.15, 0.2) is 48.5 Å². The number of hydrogen-bond acceptors (Lipinski definition) is 1. The van der Waals surface area contributed by atoms with E-state index >= 15 is 0 Å². The van der Waals surface area contributed by atoms with E-state index in [0.717, 1.165) is 5.56 Å². The molecular weight excluding hydrogens is 353 g/mol. The van der Waals surface area contributed by atoms with Crippen LogP contribution in [-0.4, -0.2) is 0 Å². The molecule has 2 aromatic rings. The fraction of sp³-hybridized carbons (Fsp3) is 0.0769. The first-order valence-corrected chi connectivity index (χ1v) is 12.3. The number of para-hydroxylation sites is 1. The number of halogens is 2. The molecule has 0 saturated heterocycles. The summed E-state index contributed by atoms with van der Waals surface area (Å²) in [5.41, 5.74) is 1.11. The van der Waals surface area contributed by atoms with Crippen molar-refractivity contribution in [1.82, 2.24) is 0 Å². The van der Waals surface area contributed by atoms with Gasteiger partial charge in [0.05, 0.1) is 11.6 Å². The molecule has 0 aliphatic carbocycles. The van der Waals surface area contributed by atoms with Gasteiger partial charge >= 0.3 is 30.0 Å². The SMILES string of the molecule is Clc1ccccc1OCc1cc[c-]cc1.[Zn+][Br]. The molecule has 0 aliphatic rings. The third-order valence-corrected chi connectivity index (χ3v) is 2.33. The van der Waals surface area contributed by atoms with Crippen LogP contribution < -0.4 is 4.74 Å². The zero-order chi connectivity index (χ0) is 12.5. The summed E-state index contributed by atoms with van der Waals surface area (Å²) in [6, 6.07) is 18.1. The Morgan fingerprint density at radius 2 is 1.76 bits per heavy atom. The Kier molecular flexibility index (Phi) is 7.51. The van der Waals surface area contributed by atoms with Crippen LogP contribution in [0.3, 0.4) is 0 Å². The van der Waals surface area contributed by atoms with Crippen LogP contribution in [0.1, 0.15) is 5.56 Å². The molecule has 0 atom stereocenters.